The van der Waals surface area contributed by atoms with Gasteiger partial charge in [-0.3, -0.25) is 18.9 Å². The molecule has 7 nitrogen and oxygen atoms in total. The number of amides is 1. The number of aromatic nitrogens is 2. The van der Waals surface area contributed by atoms with Gasteiger partial charge in [0.25, 0.3) is 11.5 Å². The van der Waals surface area contributed by atoms with Gasteiger partial charge in [0.15, 0.2) is 0 Å². The molecule has 2 N–H and O–H groups in total. The van der Waals surface area contributed by atoms with E-state index in [2.05, 4.69) is 17.2 Å². The van der Waals surface area contributed by atoms with Gasteiger partial charge >= 0.3 is 0 Å². The van der Waals surface area contributed by atoms with Crippen LogP contribution in [0.3, 0.4) is 0 Å². The number of carbonyl (C=O) groups excluding carboxylic acids is 1. The van der Waals surface area contributed by atoms with Crippen LogP contribution in [0.4, 0.5) is 5.82 Å². The summed E-state index contributed by atoms with van der Waals surface area (Å²) < 4.78 is 1.98. The molecule has 0 bridgehead atoms. The van der Waals surface area contributed by atoms with E-state index in [1.807, 2.05) is 13.0 Å². The molecule has 1 amide bonds. The van der Waals surface area contributed by atoms with Gasteiger partial charge in [0, 0.05) is 19.3 Å². The van der Waals surface area contributed by atoms with E-state index in [1.54, 1.807) is 23.2 Å². The lowest BCUT2D eigenvalue weighted by Crippen LogP contribution is -2.29. The fraction of sp³-hybridized carbons (Fsp3) is 0.429. The third-order valence-electron chi connectivity index (χ3n) is 4.87. The first-order valence-corrected chi connectivity index (χ1v) is 11.3. The summed E-state index contributed by atoms with van der Waals surface area (Å²) in [4.78, 5) is 32.7. The molecule has 1 aliphatic heterocycles. The Balaban J connectivity index is 1.98. The number of hydrogen-bond acceptors (Lipinski definition) is 7. The van der Waals surface area contributed by atoms with Gasteiger partial charge in [-0.25, -0.2) is 4.98 Å². The minimum Gasteiger partial charge on any atom is -0.395 e. The highest BCUT2D eigenvalue weighted by Gasteiger charge is 2.32. The molecule has 0 unspecified atom stereocenters. The summed E-state index contributed by atoms with van der Waals surface area (Å²) >= 11 is 6.60. The average molecular weight is 447 g/mol. The van der Waals surface area contributed by atoms with E-state index in [0.717, 1.165) is 31.2 Å². The summed E-state index contributed by atoms with van der Waals surface area (Å²) in [5.41, 5.74) is 1.38. The summed E-state index contributed by atoms with van der Waals surface area (Å²) in [6, 6.07) is 3.66. The van der Waals surface area contributed by atoms with E-state index in [1.165, 1.54) is 16.2 Å². The summed E-state index contributed by atoms with van der Waals surface area (Å²) in [5.74, 6) is 0.167. The van der Waals surface area contributed by atoms with Crippen LogP contribution in [0.1, 0.15) is 43.7 Å². The van der Waals surface area contributed by atoms with Crippen LogP contribution in [-0.4, -0.2) is 49.3 Å². The van der Waals surface area contributed by atoms with Crippen LogP contribution in [0.2, 0.25) is 0 Å². The van der Waals surface area contributed by atoms with Crippen LogP contribution in [0, 0.1) is 6.92 Å². The Morgan fingerprint density at radius 3 is 2.83 bits per heavy atom. The minimum atomic E-state index is -0.280. The molecule has 0 atom stereocenters. The molecule has 3 heterocycles. The molecular formula is C21H26N4O3S2. The highest BCUT2D eigenvalue weighted by Crippen LogP contribution is 2.33. The number of unbranched alkanes of at least 4 members (excludes halogenated alkanes) is 3. The van der Waals surface area contributed by atoms with Crippen molar-refractivity contribution in [3.63, 3.8) is 0 Å². The minimum absolute atomic E-state index is 0.103. The van der Waals surface area contributed by atoms with Gasteiger partial charge in [0.2, 0.25) is 0 Å². The fourth-order valence-electron chi connectivity index (χ4n) is 3.27. The van der Waals surface area contributed by atoms with E-state index >= 15 is 0 Å². The van der Waals surface area contributed by atoms with Gasteiger partial charge in [-0.1, -0.05) is 56.2 Å². The Morgan fingerprint density at radius 1 is 1.30 bits per heavy atom. The zero-order valence-corrected chi connectivity index (χ0v) is 18.8. The maximum atomic E-state index is 13.2. The van der Waals surface area contributed by atoms with Gasteiger partial charge < -0.3 is 10.4 Å². The third-order valence-corrected chi connectivity index (χ3v) is 6.25. The number of aliphatic hydroxyl groups excluding tert-OH is 1. The molecule has 0 spiro atoms. The highest BCUT2D eigenvalue weighted by molar-refractivity contribution is 8.26. The molecule has 3 rings (SSSR count). The Bertz CT molecular complexity index is 1050. The summed E-state index contributed by atoms with van der Waals surface area (Å²) in [7, 11) is 0. The molecular weight excluding hydrogens is 420 g/mol. The van der Waals surface area contributed by atoms with E-state index in [0.29, 0.717) is 27.2 Å². The number of nitrogens with one attached hydrogen (secondary N) is 1. The zero-order valence-electron chi connectivity index (χ0n) is 17.2. The number of carbonyl (C=O) groups is 1. The Labute approximate surface area is 185 Å². The fourth-order valence-corrected chi connectivity index (χ4v) is 4.56. The number of fused-ring (bicyclic) bond motifs is 1. The number of aryl methyl sites for hydroxylation is 1. The van der Waals surface area contributed by atoms with Crippen molar-refractivity contribution in [2.45, 2.75) is 39.5 Å². The van der Waals surface area contributed by atoms with Crippen molar-refractivity contribution in [3.8, 4) is 0 Å². The molecule has 2 aromatic rings. The van der Waals surface area contributed by atoms with Crippen molar-refractivity contribution >= 4 is 51.7 Å². The third kappa shape index (κ3) is 4.74. The maximum absolute atomic E-state index is 13.2. The van der Waals surface area contributed by atoms with Crippen LogP contribution in [-0.2, 0) is 4.79 Å². The lowest BCUT2D eigenvalue weighted by Gasteiger charge is -2.14. The van der Waals surface area contributed by atoms with E-state index in [4.69, 9.17) is 12.2 Å². The largest absolute Gasteiger partial charge is 0.395 e. The number of anilines is 1. The molecule has 160 valence electrons. The Kier molecular flexibility index (Phi) is 7.63. The monoisotopic (exact) mass is 446 g/mol. The van der Waals surface area contributed by atoms with Gasteiger partial charge in [-0.2, -0.15) is 0 Å². The van der Waals surface area contributed by atoms with Crippen LogP contribution < -0.4 is 10.9 Å². The number of hydrogen-bond donors (Lipinski definition) is 2. The number of rotatable bonds is 9. The molecule has 1 aliphatic rings. The number of pyridine rings is 1. The Morgan fingerprint density at radius 2 is 2.10 bits per heavy atom. The molecule has 0 saturated carbocycles. The molecule has 0 aromatic carbocycles. The van der Waals surface area contributed by atoms with Gasteiger partial charge in [0.1, 0.15) is 15.8 Å². The highest BCUT2D eigenvalue weighted by atomic mass is 32.2. The SMILES string of the molecule is CCCCCCN1C(=O)/C(=C\c2c(NCCO)nc3c(C)cccn3c2=O)SC1=S. The lowest BCUT2D eigenvalue weighted by atomic mass is 10.2. The molecule has 1 fully saturated rings. The maximum Gasteiger partial charge on any atom is 0.267 e. The van der Waals surface area contributed by atoms with Crippen molar-refractivity contribution in [2.75, 3.05) is 25.0 Å². The van der Waals surface area contributed by atoms with Crippen molar-refractivity contribution in [1.82, 2.24) is 14.3 Å². The summed E-state index contributed by atoms with van der Waals surface area (Å²) in [5, 5.41) is 12.2. The van der Waals surface area contributed by atoms with E-state index in [9.17, 15) is 14.7 Å². The number of aliphatic hydroxyl groups is 1. The molecule has 2 aromatic heterocycles. The first-order valence-electron chi connectivity index (χ1n) is 10.1. The zero-order chi connectivity index (χ0) is 21.7. The van der Waals surface area contributed by atoms with Gasteiger partial charge in [0.05, 0.1) is 17.1 Å². The number of thiocarbonyl (C=S) groups is 1. The first-order chi connectivity index (χ1) is 14.5. The second-order valence-corrected chi connectivity index (χ2v) is 8.78. The number of nitrogens with zero attached hydrogens (tertiary/aromatic N) is 3. The quantitative estimate of drug-likeness (QED) is 0.347. The molecule has 0 radical (unpaired) electrons. The summed E-state index contributed by atoms with van der Waals surface area (Å²) in [6.07, 6.45) is 7.43. The normalized spacial score (nSPS) is 15.6. The second kappa shape index (κ2) is 10.2. The second-order valence-electron chi connectivity index (χ2n) is 7.11. The van der Waals surface area contributed by atoms with E-state index < -0.39 is 0 Å². The van der Waals surface area contributed by atoms with Gasteiger partial charge in [-0.15, -0.1) is 0 Å². The predicted molar refractivity (Wildman–Crippen MR) is 126 cm³/mol. The van der Waals surface area contributed by atoms with Crippen LogP contribution in [0.5, 0.6) is 0 Å². The van der Waals surface area contributed by atoms with Crippen LogP contribution in [0.15, 0.2) is 28.0 Å². The van der Waals surface area contributed by atoms with Crippen molar-refractivity contribution in [3.05, 3.63) is 44.7 Å². The average Bonchev–Trinajstić information content (AvgIpc) is 2.99. The molecule has 0 aliphatic carbocycles. The van der Waals surface area contributed by atoms with Gasteiger partial charge in [-0.05, 0) is 31.1 Å². The van der Waals surface area contributed by atoms with Crippen molar-refractivity contribution in [2.24, 2.45) is 0 Å². The van der Waals surface area contributed by atoms with Crippen LogP contribution >= 0.6 is 24.0 Å². The topological polar surface area (TPSA) is 86.9 Å². The van der Waals surface area contributed by atoms with Crippen molar-refractivity contribution < 1.29 is 9.90 Å². The first kappa shape index (κ1) is 22.5. The predicted octanol–water partition coefficient (Wildman–Crippen LogP) is 3.19. The molecule has 1 saturated heterocycles. The van der Waals surface area contributed by atoms with E-state index in [-0.39, 0.29) is 30.2 Å². The van der Waals surface area contributed by atoms with Crippen molar-refractivity contribution in [1.29, 1.82) is 0 Å². The lowest BCUT2D eigenvalue weighted by molar-refractivity contribution is -0.122. The Hall–Kier alpha value is -2.23. The van der Waals surface area contributed by atoms with Crippen LogP contribution in [0.25, 0.3) is 11.7 Å². The molecule has 9 heteroatoms. The molecule has 30 heavy (non-hydrogen) atoms. The smallest absolute Gasteiger partial charge is 0.267 e. The summed E-state index contributed by atoms with van der Waals surface area (Å²) in [6.45, 7) is 4.75. The number of thioether (sulfide) groups is 1. The standard InChI is InChI=1S/C21H26N4O3S2/c1-3-4-5-6-10-25-20(28)16(30-21(25)29)13-15-17(22-9-12-26)23-18-14(2)8-7-11-24(18)19(15)27/h7-8,11,13,22,26H,3-6,9-10,12H2,1-2H3/b16-13+.